The molecule has 5 atom stereocenters. The van der Waals surface area contributed by atoms with Gasteiger partial charge in [0.15, 0.2) is 12.2 Å². The van der Waals surface area contributed by atoms with Crippen molar-refractivity contribution in [3.8, 4) is 0 Å². The lowest BCUT2D eigenvalue weighted by molar-refractivity contribution is -0.161. The molecule has 0 fully saturated rings. The van der Waals surface area contributed by atoms with Gasteiger partial charge in [0.25, 0.3) is 0 Å². The van der Waals surface area contributed by atoms with Crippen LogP contribution in [0.25, 0.3) is 0 Å². The van der Waals surface area contributed by atoms with Crippen LogP contribution in [0.1, 0.15) is 387 Å². The molecule has 0 amide bonds. The van der Waals surface area contributed by atoms with E-state index < -0.39 is 97.5 Å². The van der Waals surface area contributed by atoms with Gasteiger partial charge in [0.1, 0.15) is 19.3 Å². The van der Waals surface area contributed by atoms with Crippen LogP contribution in [0.4, 0.5) is 0 Å². The minimum atomic E-state index is -4.95. The van der Waals surface area contributed by atoms with Gasteiger partial charge in [-0.05, 0) is 25.7 Å². The molecule has 0 aromatic carbocycles. The molecule has 0 heterocycles. The number of aliphatic hydroxyl groups is 1. The lowest BCUT2D eigenvalue weighted by atomic mass is 10.0. The smallest absolute Gasteiger partial charge is 0.462 e. The Morgan fingerprint density at radius 3 is 0.641 bits per heavy atom. The zero-order valence-corrected chi connectivity index (χ0v) is 61.3. The molecule has 19 heteroatoms. The highest BCUT2D eigenvalue weighted by molar-refractivity contribution is 7.47. The van der Waals surface area contributed by atoms with Crippen LogP contribution in [0.2, 0.25) is 0 Å². The van der Waals surface area contributed by atoms with Crippen molar-refractivity contribution in [1.82, 2.24) is 0 Å². The maximum atomic E-state index is 13.0. The zero-order valence-electron chi connectivity index (χ0n) is 59.5. The third-order valence-electron chi connectivity index (χ3n) is 17.1. The quantitative estimate of drug-likeness (QED) is 0.0222. The van der Waals surface area contributed by atoms with Crippen molar-refractivity contribution < 1.29 is 80.2 Å². The third kappa shape index (κ3) is 66.7. The highest BCUT2D eigenvalue weighted by Crippen LogP contribution is 2.45. The molecule has 0 aliphatic rings. The van der Waals surface area contributed by atoms with E-state index in [0.29, 0.717) is 25.7 Å². The Bertz CT molecular complexity index is 1760. The van der Waals surface area contributed by atoms with Crippen molar-refractivity contribution in [3.63, 3.8) is 0 Å². The van der Waals surface area contributed by atoms with Crippen LogP contribution in [0, 0.1) is 0 Å². The van der Waals surface area contributed by atoms with Crippen molar-refractivity contribution in [2.75, 3.05) is 39.6 Å². The van der Waals surface area contributed by atoms with Crippen molar-refractivity contribution in [1.29, 1.82) is 0 Å². The fourth-order valence-electron chi connectivity index (χ4n) is 11.2. The Labute approximate surface area is 562 Å². The topological polar surface area (TPSA) is 237 Å². The zero-order chi connectivity index (χ0) is 67.5. The fourth-order valence-corrected chi connectivity index (χ4v) is 12.8. The van der Waals surface area contributed by atoms with Gasteiger partial charge in [0.2, 0.25) is 0 Å². The van der Waals surface area contributed by atoms with Crippen molar-refractivity contribution in [2.45, 2.75) is 406 Å². The molecule has 0 saturated carbocycles. The summed E-state index contributed by atoms with van der Waals surface area (Å²) in [6.45, 7) is 4.93. The number of carbonyl (C=O) groups excluding carboxylic acids is 4. The van der Waals surface area contributed by atoms with E-state index in [9.17, 15) is 43.2 Å². The fraction of sp³-hybridized carbons (Fsp3) is 0.945. The van der Waals surface area contributed by atoms with Crippen LogP contribution in [-0.2, 0) is 65.4 Å². The van der Waals surface area contributed by atoms with Crippen molar-refractivity contribution in [2.24, 2.45) is 0 Å². The molecule has 0 bridgehead atoms. The van der Waals surface area contributed by atoms with E-state index >= 15 is 0 Å². The van der Waals surface area contributed by atoms with Gasteiger partial charge in [-0.2, -0.15) is 0 Å². The number of esters is 4. The van der Waals surface area contributed by atoms with E-state index in [0.717, 1.165) is 103 Å². The number of carbonyl (C=O) groups is 4. The molecule has 17 nitrogen and oxygen atoms in total. The van der Waals surface area contributed by atoms with Crippen molar-refractivity contribution in [3.05, 3.63) is 0 Å². The Hall–Kier alpha value is -1.94. The van der Waals surface area contributed by atoms with Crippen LogP contribution in [-0.4, -0.2) is 96.7 Å². The number of rotatable bonds is 74. The lowest BCUT2D eigenvalue weighted by Crippen LogP contribution is -2.30. The summed E-state index contributed by atoms with van der Waals surface area (Å²) < 4.78 is 68.3. The van der Waals surface area contributed by atoms with Gasteiger partial charge in [0.05, 0.1) is 26.4 Å². The third-order valence-corrected chi connectivity index (χ3v) is 19.0. The second-order valence-electron chi connectivity index (χ2n) is 26.3. The number of phosphoric ester groups is 2. The molecule has 0 aromatic heterocycles. The maximum Gasteiger partial charge on any atom is 0.472 e. The maximum absolute atomic E-state index is 13.0. The van der Waals surface area contributed by atoms with Crippen LogP contribution in [0.5, 0.6) is 0 Å². The summed E-state index contributed by atoms with van der Waals surface area (Å²) >= 11 is 0. The molecule has 0 aromatic rings. The molecule has 0 saturated heterocycles. The molecule has 3 N–H and O–H groups in total. The van der Waals surface area contributed by atoms with Gasteiger partial charge >= 0.3 is 39.5 Å². The lowest BCUT2D eigenvalue weighted by Gasteiger charge is -2.21. The Morgan fingerprint density at radius 2 is 0.435 bits per heavy atom. The van der Waals surface area contributed by atoms with Gasteiger partial charge in [-0.15, -0.1) is 0 Å². The highest BCUT2D eigenvalue weighted by Gasteiger charge is 2.30. The average Bonchev–Trinajstić information content (AvgIpc) is 2.61. The summed E-state index contributed by atoms with van der Waals surface area (Å²) in [5.41, 5.74) is 0. The van der Waals surface area contributed by atoms with E-state index in [4.69, 9.17) is 37.0 Å². The van der Waals surface area contributed by atoms with Gasteiger partial charge in [-0.3, -0.25) is 37.3 Å². The molecular weight excluding hydrogens is 1210 g/mol. The molecule has 0 rings (SSSR count). The highest BCUT2D eigenvalue weighted by atomic mass is 31.2. The minimum Gasteiger partial charge on any atom is -0.462 e. The van der Waals surface area contributed by atoms with E-state index in [-0.39, 0.29) is 25.7 Å². The SMILES string of the molecule is CCCCCCCCCCCCCCCCCCCCCCC(=O)O[C@H](COC(=O)CCCCCCCCCCCCCCC)COP(=O)(O)OC[C@@H](O)COP(=O)(O)OC[C@@H](COC(=O)CCCCCCCCC)OC(=O)CCCCCCCCCCCCCC. The van der Waals surface area contributed by atoms with Crippen LogP contribution < -0.4 is 0 Å². The summed E-state index contributed by atoms with van der Waals surface area (Å²) in [7, 11) is -9.90. The first-order chi connectivity index (χ1) is 44.7. The van der Waals surface area contributed by atoms with Crippen molar-refractivity contribution >= 4 is 39.5 Å². The van der Waals surface area contributed by atoms with Crippen LogP contribution in [0.15, 0.2) is 0 Å². The summed E-state index contributed by atoms with van der Waals surface area (Å²) in [4.78, 5) is 72.5. The first-order valence-electron chi connectivity index (χ1n) is 38.3. The van der Waals surface area contributed by atoms with Gasteiger partial charge in [-0.1, -0.05) is 336 Å². The molecule has 546 valence electrons. The molecule has 0 radical (unpaired) electrons. The number of hydrogen-bond donors (Lipinski definition) is 3. The molecule has 0 aliphatic carbocycles. The molecular formula is C73H142O17P2. The number of aliphatic hydroxyl groups excluding tert-OH is 1. The minimum absolute atomic E-state index is 0.107. The summed E-state index contributed by atoms with van der Waals surface area (Å²) in [5.74, 6) is -2.12. The van der Waals surface area contributed by atoms with Gasteiger partial charge < -0.3 is 33.8 Å². The Morgan fingerprint density at radius 1 is 0.261 bits per heavy atom. The first-order valence-corrected chi connectivity index (χ1v) is 41.3. The Kier molecular flexibility index (Phi) is 66.2. The summed E-state index contributed by atoms with van der Waals surface area (Å²) in [6.07, 6.45) is 57.0. The number of unbranched alkanes of at least 4 members (excludes halogenated alkanes) is 48. The second kappa shape index (κ2) is 67.6. The molecule has 0 aliphatic heterocycles. The predicted molar refractivity (Wildman–Crippen MR) is 372 cm³/mol. The van der Waals surface area contributed by atoms with Gasteiger partial charge in [0, 0.05) is 25.7 Å². The monoisotopic (exact) mass is 1350 g/mol. The number of hydrogen-bond acceptors (Lipinski definition) is 15. The molecule has 2 unspecified atom stereocenters. The molecule has 0 spiro atoms. The second-order valence-corrected chi connectivity index (χ2v) is 29.2. The summed E-state index contributed by atoms with van der Waals surface area (Å²) in [6, 6.07) is 0. The first kappa shape index (κ1) is 90.1. The largest absolute Gasteiger partial charge is 0.472 e. The van der Waals surface area contributed by atoms with Gasteiger partial charge in [-0.25, -0.2) is 9.13 Å². The van der Waals surface area contributed by atoms with Crippen LogP contribution >= 0.6 is 15.6 Å². The van der Waals surface area contributed by atoms with E-state index in [1.54, 1.807) is 0 Å². The number of phosphoric acid groups is 2. The normalized spacial score (nSPS) is 13.9. The standard InChI is InChI=1S/C73H142O17P2/c1-5-9-13-17-21-24-27-30-31-32-33-34-35-36-38-41-44-48-52-56-60-73(78)90-69(64-84-71(76)58-54-50-46-42-40-37-28-25-22-18-14-10-6-2)66-88-92(81,82)86-62-67(74)61-85-91(79,80)87-65-68(63-83-70(75)57-53-49-45-20-16-12-8-4)89-72(77)59-55-51-47-43-39-29-26-23-19-15-11-7-3/h67-69,74H,5-66H2,1-4H3,(H,79,80)(H,81,82)/t67-,68+,69+/m0/s1. The number of ether oxygens (including phenoxy) is 4. The summed E-state index contributed by atoms with van der Waals surface area (Å²) in [5, 5.41) is 10.6. The van der Waals surface area contributed by atoms with Crippen LogP contribution in [0.3, 0.4) is 0 Å². The Balaban J connectivity index is 5.16. The predicted octanol–water partition coefficient (Wildman–Crippen LogP) is 21.4. The van der Waals surface area contributed by atoms with E-state index in [2.05, 4.69) is 27.7 Å². The van der Waals surface area contributed by atoms with E-state index in [1.165, 1.54) is 205 Å². The average molecular weight is 1350 g/mol. The van der Waals surface area contributed by atoms with E-state index in [1.807, 2.05) is 0 Å². The molecule has 92 heavy (non-hydrogen) atoms.